The predicted molar refractivity (Wildman–Crippen MR) is 159 cm³/mol. The maximum Gasteiger partial charge on any atom is 0.158 e. The second-order valence-corrected chi connectivity index (χ2v) is 12.0. The fourth-order valence-corrected chi connectivity index (χ4v) is 7.88. The number of aromatic nitrogens is 1. The Hall–Kier alpha value is -3.59. The molecule has 4 aromatic rings. The lowest BCUT2D eigenvalue weighted by atomic mass is 9.57. The first kappa shape index (κ1) is 23.5. The van der Waals surface area contributed by atoms with Gasteiger partial charge in [0.2, 0.25) is 0 Å². The van der Waals surface area contributed by atoms with Crippen molar-refractivity contribution in [2.24, 2.45) is 5.41 Å². The summed E-state index contributed by atoms with van der Waals surface area (Å²) in [7, 11) is 0. The summed E-state index contributed by atoms with van der Waals surface area (Å²) in [6, 6.07) is 31.5. The third kappa shape index (κ3) is 3.11. The lowest BCUT2D eigenvalue weighted by Gasteiger charge is -2.57. The minimum Gasteiger partial charge on any atom is -0.316 e. The molecule has 3 bridgehead atoms. The summed E-state index contributed by atoms with van der Waals surface area (Å²) in [5.74, 6) is 1.57. The van der Waals surface area contributed by atoms with Gasteiger partial charge in [0, 0.05) is 22.9 Å². The van der Waals surface area contributed by atoms with Gasteiger partial charge in [-0.1, -0.05) is 88.4 Å². The maximum absolute atomic E-state index is 5.09. The summed E-state index contributed by atoms with van der Waals surface area (Å²) < 4.78 is 0. The Morgan fingerprint density at radius 3 is 2.34 bits per heavy atom. The molecule has 3 aliphatic rings. The van der Waals surface area contributed by atoms with Gasteiger partial charge in [0.15, 0.2) is 5.82 Å². The summed E-state index contributed by atoms with van der Waals surface area (Å²) in [5.41, 5.74) is 9.60. The quantitative estimate of drug-likeness (QED) is 0.279. The number of rotatable bonds is 4. The van der Waals surface area contributed by atoms with E-state index in [1.165, 1.54) is 52.2 Å². The third-order valence-corrected chi connectivity index (χ3v) is 9.93. The molecule has 2 aliphatic heterocycles. The van der Waals surface area contributed by atoms with E-state index in [1.807, 2.05) is 6.20 Å². The van der Waals surface area contributed by atoms with Gasteiger partial charge in [-0.3, -0.25) is 0 Å². The Kier molecular flexibility index (Phi) is 5.24. The summed E-state index contributed by atoms with van der Waals surface area (Å²) in [4.78, 5) is 10.3. The first-order valence-electron chi connectivity index (χ1n) is 14.3. The molecular weight excluding hydrogens is 462 g/mol. The van der Waals surface area contributed by atoms with Crippen LogP contribution < -0.4 is 9.80 Å². The lowest BCUT2D eigenvalue weighted by Crippen LogP contribution is -2.58. The van der Waals surface area contributed by atoms with E-state index in [1.54, 1.807) is 0 Å². The van der Waals surface area contributed by atoms with Crippen LogP contribution >= 0.6 is 0 Å². The number of pyridine rings is 1. The second kappa shape index (κ2) is 8.46. The monoisotopic (exact) mass is 499 g/mol. The van der Waals surface area contributed by atoms with E-state index < -0.39 is 0 Å². The highest BCUT2D eigenvalue weighted by Crippen LogP contribution is 2.65. The Balaban J connectivity index is 1.55. The largest absolute Gasteiger partial charge is 0.316 e. The van der Waals surface area contributed by atoms with Crippen LogP contribution in [0.15, 0.2) is 91.1 Å². The van der Waals surface area contributed by atoms with Crippen LogP contribution in [0.4, 0.5) is 22.9 Å². The van der Waals surface area contributed by atoms with Gasteiger partial charge in [-0.2, -0.15) is 0 Å². The summed E-state index contributed by atoms with van der Waals surface area (Å²) >= 11 is 0. The van der Waals surface area contributed by atoms with E-state index in [0.717, 1.165) is 18.7 Å². The van der Waals surface area contributed by atoms with Gasteiger partial charge in [0.05, 0.1) is 11.4 Å². The molecule has 1 aromatic heterocycles. The Morgan fingerprint density at radius 1 is 0.789 bits per heavy atom. The summed E-state index contributed by atoms with van der Waals surface area (Å²) in [6.07, 6.45) is 6.77. The Bertz CT molecular complexity index is 1510. The molecule has 3 aromatic carbocycles. The topological polar surface area (TPSA) is 19.4 Å². The van der Waals surface area contributed by atoms with Crippen molar-refractivity contribution < 1.29 is 0 Å². The zero-order valence-corrected chi connectivity index (χ0v) is 23.0. The first-order valence-corrected chi connectivity index (χ1v) is 14.3. The van der Waals surface area contributed by atoms with Crippen LogP contribution in [0.1, 0.15) is 70.4 Å². The van der Waals surface area contributed by atoms with Gasteiger partial charge in [0.25, 0.3) is 0 Å². The lowest BCUT2D eigenvalue weighted by molar-refractivity contribution is 0.119. The maximum atomic E-state index is 5.09. The fraction of sp³-hybridized carbons (Fsp3) is 0.343. The summed E-state index contributed by atoms with van der Waals surface area (Å²) in [5, 5.41) is 0. The molecule has 1 aliphatic carbocycles. The SMILES string of the molecule is CCC1c2cc3ccc2N2c4cccnc4N(c4ccccc4-c4ccccc4)C2C1(CC)CCC3(C)C. The average molecular weight is 500 g/mol. The van der Waals surface area contributed by atoms with Crippen molar-refractivity contribution in [1.82, 2.24) is 4.98 Å². The van der Waals surface area contributed by atoms with Gasteiger partial charge in [-0.25, -0.2) is 4.98 Å². The molecule has 0 radical (unpaired) electrons. The number of para-hydroxylation sites is 1. The Labute approximate surface area is 227 Å². The van der Waals surface area contributed by atoms with Crippen molar-refractivity contribution in [2.45, 2.75) is 70.9 Å². The molecule has 3 unspecified atom stereocenters. The van der Waals surface area contributed by atoms with Crippen LogP contribution in [0.2, 0.25) is 0 Å². The molecule has 3 heterocycles. The van der Waals surface area contributed by atoms with Gasteiger partial charge in [0.1, 0.15) is 6.17 Å². The molecule has 0 saturated carbocycles. The van der Waals surface area contributed by atoms with E-state index in [0.29, 0.717) is 5.92 Å². The van der Waals surface area contributed by atoms with Gasteiger partial charge < -0.3 is 9.80 Å². The smallest absolute Gasteiger partial charge is 0.158 e. The molecule has 3 heteroatoms. The predicted octanol–water partition coefficient (Wildman–Crippen LogP) is 9.34. The van der Waals surface area contributed by atoms with Crippen molar-refractivity contribution >= 4 is 22.9 Å². The third-order valence-electron chi connectivity index (χ3n) is 9.93. The van der Waals surface area contributed by atoms with Gasteiger partial charge >= 0.3 is 0 Å². The molecule has 0 fully saturated rings. The number of hydrogen-bond acceptors (Lipinski definition) is 3. The Morgan fingerprint density at radius 2 is 1.55 bits per heavy atom. The zero-order valence-electron chi connectivity index (χ0n) is 23.0. The second-order valence-electron chi connectivity index (χ2n) is 12.0. The first-order chi connectivity index (χ1) is 18.5. The minimum absolute atomic E-state index is 0.0859. The van der Waals surface area contributed by atoms with Crippen LogP contribution in [0, 0.1) is 5.41 Å². The highest BCUT2D eigenvalue weighted by molar-refractivity contribution is 5.92. The van der Waals surface area contributed by atoms with E-state index in [4.69, 9.17) is 4.98 Å². The highest BCUT2D eigenvalue weighted by atomic mass is 15.5. The molecule has 192 valence electrons. The molecule has 0 N–H and O–H groups in total. The minimum atomic E-state index is 0.0859. The molecule has 3 atom stereocenters. The van der Waals surface area contributed by atoms with Crippen molar-refractivity contribution in [3.63, 3.8) is 0 Å². The fourth-order valence-electron chi connectivity index (χ4n) is 7.88. The zero-order chi connectivity index (χ0) is 26.1. The van der Waals surface area contributed by atoms with Gasteiger partial charge in [-0.15, -0.1) is 0 Å². The molecule has 7 rings (SSSR count). The summed E-state index contributed by atoms with van der Waals surface area (Å²) in [6.45, 7) is 9.70. The standard InChI is InChI=1S/C35H37N3/c1-5-28-27-23-25-18-19-30(27)37-31-17-12-22-36-32(31)38(33(37)35(28,6-2)21-20-34(25,3)4)29-16-11-10-15-26(29)24-13-8-7-9-14-24/h7-19,22-23,28,33H,5-6,20-21H2,1-4H3. The van der Waals surface area contributed by atoms with Crippen LogP contribution in [0.5, 0.6) is 0 Å². The molecule has 38 heavy (non-hydrogen) atoms. The van der Waals surface area contributed by atoms with Crippen molar-refractivity contribution in [1.29, 1.82) is 0 Å². The number of hydrogen-bond donors (Lipinski definition) is 0. The number of benzene rings is 3. The van der Waals surface area contributed by atoms with E-state index >= 15 is 0 Å². The number of nitrogens with zero attached hydrogens (tertiary/aromatic N) is 3. The number of fused-ring (bicyclic) bond motifs is 7. The molecule has 0 saturated heterocycles. The van der Waals surface area contributed by atoms with E-state index in [2.05, 4.69) is 122 Å². The van der Waals surface area contributed by atoms with Crippen molar-refractivity contribution in [2.75, 3.05) is 9.80 Å². The van der Waals surface area contributed by atoms with Crippen molar-refractivity contribution in [3.05, 3.63) is 102 Å². The molecule has 3 nitrogen and oxygen atoms in total. The van der Waals surface area contributed by atoms with Crippen LogP contribution in [0.25, 0.3) is 11.1 Å². The van der Waals surface area contributed by atoms with Crippen molar-refractivity contribution in [3.8, 4) is 11.1 Å². The molecule has 0 amide bonds. The average Bonchev–Trinajstić information content (AvgIpc) is 3.31. The van der Waals surface area contributed by atoms with Crippen LogP contribution in [0.3, 0.4) is 0 Å². The van der Waals surface area contributed by atoms with E-state index in [-0.39, 0.29) is 17.0 Å². The normalized spacial score (nSPS) is 24.5. The molecule has 0 spiro atoms. The number of anilines is 4. The molecular formula is C35H37N3. The van der Waals surface area contributed by atoms with E-state index in [9.17, 15) is 0 Å². The van der Waals surface area contributed by atoms with Crippen LogP contribution in [-0.2, 0) is 5.41 Å². The van der Waals surface area contributed by atoms with Crippen LogP contribution in [-0.4, -0.2) is 11.1 Å². The van der Waals surface area contributed by atoms with Gasteiger partial charge in [-0.05, 0) is 78.0 Å². The highest BCUT2D eigenvalue weighted by Gasteiger charge is 2.59.